The highest BCUT2D eigenvalue weighted by molar-refractivity contribution is 5.89. The molecule has 0 aliphatic carbocycles. The van der Waals surface area contributed by atoms with Gasteiger partial charge in [0.05, 0.1) is 23.6 Å². The molecule has 0 spiro atoms. The molecule has 0 aliphatic rings. The maximum absolute atomic E-state index is 11.5. The number of hydrogen-bond acceptors (Lipinski definition) is 5. The number of ether oxygens (including phenoxy) is 1. The van der Waals surface area contributed by atoms with Crippen molar-refractivity contribution >= 4 is 17.5 Å². The Kier molecular flexibility index (Phi) is 3.79. The number of pyridine rings is 1. The molecule has 2 rings (SSSR count). The fourth-order valence-corrected chi connectivity index (χ4v) is 1.66. The normalized spacial score (nSPS) is 10.3. The molecule has 0 aliphatic heterocycles. The molecule has 0 saturated carbocycles. The minimum absolute atomic E-state index is 0.355. The monoisotopic (exact) mass is 260 g/mol. The number of aryl methyl sites for hydroxylation is 2. The molecule has 2 aromatic rings. The van der Waals surface area contributed by atoms with Crippen molar-refractivity contribution in [2.45, 2.75) is 13.8 Å². The predicted molar refractivity (Wildman–Crippen MR) is 71.4 cm³/mol. The van der Waals surface area contributed by atoms with E-state index < -0.39 is 0 Å². The summed E-state index contributed by atoms with van der Waals surface area (Å²) in [5.74, 6) is 0.295. The second-order valence-electron chi connectivity index (χ2n) is 4.08. The molecule has 0 atom stereocenters. The molecule has 19 heavy (non-hydrogen) atoms. The number of hydrogen-bond donors (Lipinski definition) is 1. The number of nitrogens with one attached hydrogen (secondary N) is 1. The number of aromatic nitrogens is 3. The Morgan fingerprint density at radius 2 is 2.26 bits per heavy atom. The number of rotatable bonds is 4. The Hall–Kier alpha value is -2.37. The summed E-state index contributed by atoms with van der Waals surface area (Å²) in [5, 5.41) is 7.37. The Labute approximate surface area is 111 Å². The van der Waals surface area contributed by atoms with Gasteiger partial charge in [-0.05, 0) is 26.0 Å². The molecule has 0 amide bonds. The van der Waals surface area contributed by atoms with Crippen molar-refractivity contribution in [3.05, 3.63) is 35.8 Å². The standard InChI is InChI=1S/C13H16N4O2/c1-4-19-13(18)10-5-6-12(14-7-10)15-11-8-17(3)16-9(11)2/h5-8H,4H2,1-3H3,(H,14,15). The molecule has 6 heteroatoms. The smallest absolute Gasteiger partial charge is 0.339 e. The molecule has 1 N–H and O–H groups in total. The van der Waals surface area contributed by atoms with Crippen LogP contribution in [0, 0.1) is 6.92 Å². The SMILES string of the molecule is CCOC(=O)c1ccc(Nc2cn(C)nc2C)nc1. The van der Waals surface area contributed by atoms with Gasteiger partial charge in [-0.2, -0.15) is 5.10 Å². The Morgan fingerprint density at radius 1 is 1.47 bits per heavy atom. The van der Waals surface area contributed by atoms with Crippen LogP contribution in [0.25, 0.3) is 0 Å². The second-order valence-corrected chi connectivity index (χ2v) is 4.08. The highest BCUT2D eigenvalue weighted by Gasteiger charge is 2.08. The van der Waals surface area contributed by atoms with Crippen molar-refractivity contribution in [3.8, 4) is 0 Å². The summed E-state index contributed by atoms with van der Waals surface area (Å²) in [6.07, 6.45) is 3.36. The van der Waals surface area contributed by atoms with E-state index in [0.717, 1.165) is 11.4 Å². The molecule has 0 unspecified atom stereocenters. The van der Waals surface area contributed by atoms with Gasteiger partial charge in [-0.15, -0.1) is 0 Å². The Bertz CT molecular complexity index is 575. The highest BCUT2D eigenvalue weighted by atomic mass is 16.5. The van der Waals surface area contributed by atoms with E-state index in [-0.39, 0.29) is 5.97 Å². The van der Waals surface area contributed by atoms with E-state index in [9.17, 15) is 4.79 Å². The minimum Gasteiger partial charge on any atom is -0.462 e. The first-order valence-corrected chi connectivity index (χ1v) is 6.00. The van der Waals surface area contributed by atoms with Crippen molar-refractivity contribution in [3.63, 3.8) is 0 Å². The first-order valence-electron chi connectivity index (χ1n) is 6.00. The zero-order valence-electron chi connectivity index (χ0n) is 11.2. The number of carbonyl (C=O) groups excluding carboxylic acids is 1. The van der Waals surface area contributed by atoms with Crippen LogP contribution >= 0.6 is 0 Å². The largest absolute Gasteiger partial charge is 0.462 e. The van der Waals surface area contributed by atoms with Crippen molar-refractivity contribution in [1.29, 1.82) is 0 Å². The predicted octanol–water partition coefficient (Wildman–Crippen LogP) is 2.04. The van der Waals surface area contributed by atoms with Gasteiger partial charge >= 0.3 is 5.97 Å². The lowest BCUT2D eigenvalue weighted by atomic mass is 10.3. The fraction of sp³-hybridized carbons (Fsp3) is 0.308. The molecular weight excluding hydrogens is 244 g/mol. The van der Waals surface area contributed by atoms with E-state index in [1.165, 1.54) is 6.20 Å². The lowest BCUT2D eigenvalue weighted by molar-refractivity contribution is 0.0526. The van der Waals surface area contributed by atoms with Crippen LogP contribution in [0.5, 0.6) is 0 Å². The van der Waals surface area contributed by atoms with E-state index in [0.29, 0.717) is 18.0 Å². The maximum Gasteiger partial charge on any atom is 0.339 e. The third kappa shape index (κ3) is 3.09. The Morgan fingerprint density at radius 3 is 2.79 bits per heavy atom. The van der Waals surface area contributed by atoms with Crippen LogP contribution in [0.1, 0.15) is 23.0 Å². The molecule has 0 saturated heterocycles. The minimum atomic E-state index is -0.362. The number of esters is 1. The third-order valence-corrected chi connectivity index (χ3v) is 2.55. The fourth-order valence-electron chi connectivity index (χ4n) is 1.66. The second kappa shape index (κ2) is 5.51. The number of carbonyl (C=O) groups is 1. The summed E-state index contributed by atoms with van der Waals surface area (Å²) in [5.41, 5.74) is 2.22. The van der Waals surface area contributed by atoms with E-state index in [1.807, 2.05) is 20.2 Å². The van der Waals surface area contributed by atoms with E-state index in [4.69, 9.17) is 4.74 Å². The van der Waals surface area contributed by atoms with Crippen LogP contribution in [0.3, 0.4) is 0 Å². The molecule has 2 aromatic heterocycles. The maximum atomic E-state index is 11.5. The quantitative estimate of drug-likeness (QED) is 0.852. The molecule has 0 radical (unpaired) electrons. The lowest BCUT2D eigenvalue weighted by Crippen LogP contribution is -2.05. The highest BCUT2D eigenvalue weighted by Crippen LogP contribution is 2.17. The average Bonchev–Trinajstić information content (AvgIpc) is 2.69. The molecule has 6 nitrogen and oxygen atoms in total. The summed E-state index contributed by atoms with van der Waals surface area (Å²) in [4.78, 5) is 15.7. The van der Waals surface area contributed by atoms with Gasteiger partial charge in [0.15, 0.2) is 0 Å². The zero-order chi connectivity index (χ0) is 13.8. The molecular formula is C13H16N4O2. The first kappa shape index (κ1) is 13.1. The molecule has 100 valence electrons. The van der Waals surface area contributed by atoms with Crippen LogP contribution in [-0.4, -0.2) is 27.3 Å². The van der Waals surface area contributed by atoms with Gasteiger partial charge in [0.1, 0.15) is 5.82 Å². The van der Waals surface area contributed by atoms with Gasteiger partial charge in [-0.3, -0.25) is 4.68 Å². The molecule has 0 aromatic carbocycles. The van der Waals surface area contributed by atoms with Gasteiger partial charge in [-0.1, -0.05) is 0 Å². The number of anilines is 2. The summed E-state index contributed by atoms with van der Waals surface area (Å²) in [6.45, 7) is 4.04. The lowest BCUT2D eigenvalue weighted by Gasteiger charge is -2.05. The van der Waals surface area contributed by atoms with Crippen molar-refractivity contribution in [2.75, 3.05) is 11.9 Å². The van der Waals surface area contributed by atoms with Crippen molar-refractivity contribution < 1.29 is 9.53 Å². The van der Waals surface area contributed by atoms with E-state index in [1.54, 1.807) is 23.7 Å². The summed E-state index contributed by atoms with van der Waals surface area (Å²) >= 11 is 0. The molecule has 0 bridgehead atoms. The third-order valence-electron chi connectivity index (χ3n) is 2.55. The van der Waals surface area contributed by atoms with Crippen LogP contribution in [0.15, 0.2) is 24.5 Å². The summed E-state index contributed by atoms with van der Waals surface area (Å²) in [7, 11) is 1.86. The van der Waals surface area contributed by atoms with Gasteiger partial charge < -0.3 is 10.1 Å². The van der Waals surface area contributed by atoms with E-state index in [2.05, 4.69) is 15.4 Å². The Balaban J connectivity index is 2.10. The summed E-state index contributed by atoms with van der Waals surface area (Å²) < 4.78 is 6.62. The number of nitrogens with zero attached hydrogens (tertiary/aromatic N) is 3. The van der Waals surface area contributed by atoms with Gasteiger partial charge in [0, 0.05) is 19.4 Å². The van der Waals surface area contributed by atoms with Crippen LogP contribution in [0.2, 0.25) is 0 Å². The van der Waals surface area contributed by atoms with Crippen LogP contribution in [-0.2, 0) is 11.8 Å². The van der Waals surface area contributed by atoms with E-state index >= 15 is 0 Å². The molecule has 0 fully saturated rings. The van der Waals surface area contributed by atoms with Gasteiger partial charge in [0.25, 0.3) is 0 Å². The average molecular weight is 260 g/mol. The first-order chi connectivity index (χ1) is 9.10. The molecule has 2 heterocycles. The van der Waals surface area contributed by atoms with Crippen molar-refractivity contribution in [2.24, 2.45) is 7.05 Å². The van der Waals surface area contributed by atoms with Crippen molar-refractivity contribution in [1.82, 2.24) is 14.8 Å². The van der Waals surface area contributed by atoms with Crippen LogP contribution < -0.4 is 5.32 Å². The van der Waals surface area contributed by atoms with Gasteiger partial charge in [0.2, 0.25) is 0 Å². The zero-order valence-corrected chi connectivity index (χ0v) is 11.2. The topological polar surface area (TPSA) is 69.0 Å². The van der Waals surface area contributed by atoms with Gasteiger partial charge in [-0.25, -0.2) is 9.78 Å². The van der Waals surface area contributed by atoms with Crippen LogP contribution in [0.4, 0.5) is 11.5 Å². The summed E-state index contributed by atoms with van der Waals surface area (Å²) in [6, 6.07) is 3.41.